The van der Waals surface area contributed by atoms with Crippen LogP contribution in [0.4, 0.5) is 0 Å². The van der Waals surface area contributed by atoms with Crippen molar-refractivity contribution in [3.05, 3.63) is 65.2 Å². The molecule has 0 saturated carbocycles. The molecular weight excluding hydrogens is 412 g/mol. The molecule has 0 spiro atoms. The van der Waals surface area contributed by atoms with E-state index in [4.69, 9.17) is 4.74 Å². The van der Waals surface area contributed by atoms with Crippen LogP contribution >= 0.6 is 0 Å². The van der Waals surface area contributed by atoms with Crippen molar-refractivity contribution < 1.29 is 17.9 Å². The molecule has 1 fully saturated rings. The van der Waals surface area contributed by atoms with Crippen LogP contribution in [0.15, 0.2) is 53.4 Å². The second-order valence-electron chi connectivity index (χ2n) is 8.85. The SMILES string of the molecule is CC(C)(C)c1ccc(CCC(=O)NCc2ccccc2S(=O)(=O)N2CCOCC2)cc1. The minimum Gasteiger partial charge on any atom is -0.379 e. The lowest BCUT2D eigenvalue weighted by atomic mass is 9.86. The van der Waals surface area contributed by atoms with Gasteiger partial charge in [-0.05, 0) is 34.6 Å². The monoisotopic (exact) mass is 444 g/mol. The Bertz CT molecular complexity index is 989. The summed E-state index contributed by atoms with van der Waals surface area (Å²) < 4.78 is 32.7. The number of nitrogens with zero attached hydrogens (tertiary/aromatic N) is 1. The summed E-state index contributed by atoms with van der Waals surface area (Å²) in [6.07, 6.45) is 0.997. The van der Waals surface area contributed by atoms with Crippen LogP contribution in [0.25, 0.3) is 0 Å². The number of carbonyl (C=O) groups excluding carboxylic acids is 1. The maximum absolute atomic E-state index is 13.0. The zero-order chi connectivity index (χ0) is 22.5. The predicted molar refractivity (Wildman–Crippen MR) is 121 cm³/mol. The summed E-state index contributed by atoms with van der Waals surface area (Å²) in [5.41, 5.74) is 3.07. The van der Waals surface area contributed by atoms with Crippen LogP contribution in [0.1, 0.15) is 43.9 Å². The standard InChI is InChI=1S/C24H32N2O4S/c1-24(2,3)21-11-8-19(9-12-21)10-13-23(27)25-18-20-6-4-5-7-22(20)31(28,29)26-14-16-30-17-15-26/h4-9,11-12H,10,13-18H2,1-3H3,(H,25,27). The number of benzene rings is 2. The molecular formula is C24H32N2O4S. The molecule has 168 valence electrons. The number of hydrogen-bond donors (Lipinski definition) is 1. The molecule has 0 unspecified atom stereocenters. The lowest BCUT2D eigenvalue weighted by Crippen LogP contribution is -2.41. The van der Waals surface area contributed by atoms with Crippen molar-refractivity contribution >= 4 is 15.9 Å². The lowest BCUT2D eigenvalue weighted by Gasteiger charge is -2.27. The van der Waals surface area contributed by atoms with Crippen molar-refractivity contribution in [2.24, 2.45) is 0 Å². The van der Waals surface area contributed by atoms with E-state index in [1.165, 1.54) is 9.87 Å². The van der Waals surface area contributed by atoms with E-state index >= 15 is 0 Å². The van der Waals surface area contributed by atoms with E-state index in [2.05, 4.69) is 50.4 Å². The summed E-state index contributed by atoms with van der Waals surface area (Å²) in [6.45, 7) is 8.19. The molecule has 1 amide bonds. The van der Waals surface area contributed by atoms with E-state index in [0.717, 1.165) is 5.56 Å². The lowest BCUT2D eigenvalue weighted by molar-refractivity contribution is -0.121. The van der Waals surface area contributed by atoms with Gasteiger partial charge in [-0.15, -0.1) is 0 Å². The van der Waals surface area contributed by atoms with Gasteiger partial charge in [0.2, 0.25) is 15.9 Å². The highest BCUT2D eigenvalue weighted by atomic mass is 32.2. The van der Waals surface area contributed by atoms with Crippen molar-refractivity contribution in [1.82, 2.24) is 9.62 Å². The van der Waals surface area contributed by atoms with Gasteiger partial charge in [-0.1, -0.05) is 63.2 Å². The highest BCUT2D eigenvalue weighted by molar-refractivity contribution is 7.89. The first-order valence-electron chi connectivity index (χ1n) is 10.7. The number of rotatable bonds is 7. The Labute approximate surface area is 185 Å². The average molecular weight is 445 g/mol. The van der Waals surface area contributed by atoms with E-state index in [9.17, 15) is 13.2 Å². The molecule has 0 bridgehead atoms. The molecule has 7 heteroatoms. The van der Waals surface area contributed by atoms with Crippen LogP contribution in [-0.4, -0.2) is 44.9 Å². The zero-order valence-electron chi connectivity index (χ0n) is 18.6. The van der Waals surface area contributed by atoms with E-state index in [1.807, 2.05) is 0 Å². The number of ether oxygens (including phenoxy) is 1. The van der Waals surface area contributed by atoms with Gasteiger partial charge in [-0.25, -0.2) is 8.42 Å². The van der Waals surface area contributed by atoms with Gasteiger partial charge in [0.25, 0.3) is 0 Å². The van der Waals surface area contributed by atoms with E-state index < -0.39 is 10.0 Å². The first-order chi connectivity index (χ1) is 14.7. The van der Waals surface area contributed by atoms with Crippen LogP contribution in [0.3, 0.4) is 0 Å². The Morgan fingerprint density at radius 1 is 1.03 bits per heavy atom. The van der Waals surface area contributed by atoms with Gasteiger partial charge < -0.3 is 10.1 Å². The van der Waals surface area contributed by atoms with Crippen LogP contribution in [0, 0.1) is 0 Å². The molecule has 0 radical (unpaired) electrons. The molecule has 2 aromatic carbocycles. The number of aryl methyl sites for hydroxylation is 1. The zero-order valence-corrected chi connectivity index (χ0v) is 19.4. The van der Waals surface area contributed by atoms with E-state index in [0.29, 0.717) is 44.7 Å². The Morgan fingerprint density at radius 3 is 2.32 bits per heavy atom. The topological polar surface area (TPSA) is 75.7 Å². The molecule has 1 saturated heterocycles. The van der Waals surface area contributed by atoms with E-state index in [1.54, 1.807) is 24.3 Å². The average Bonchev–Trinajstić information content (AvgIpc) is 2.76. The second-order valence-corrected chi connectivity index (χ2v) is 10.8. The van der Waals surface area contributed by atoms with Crippen molar-refractivity contribution in [1.29, 1.82) is 0 Å². The third kappa shape index (κ3) is 6.15. The number of amides is 1. The van der Waals surface area contributed by atoms with Crippen molar-refractivity contribution in [3.63, 3.8) is 0 Å². The third-order valence-corrected chi connectivity index (χ3v) is 7.50. The van der Waals surface area contributed by atoms with Crippen LogP contribution in [0.2, 0.25) is 0 Å². The molecule has 31 heavy (non-hydrogen) atoms. The Balaban J connectivity index is 1.58. The van der Waals surface area contributed by atoms with Crippen LogP contribution < -0.4 is 5.32 Å². The second kappa shape index (κ2) is 9.94. The largest absolute Gasteiger partial charge is 0.379 e. The molecule has 1 aliphatic heterocycles. The smallest absolute Gasteiger partial charge is 0.243 e. The van der Waals surface area contributed by atoms with Crippen molar-refractivity contribution in [3.8, 4) is 0 Å². The van der Waals surface area contributed by atoms with Gasteiger partial charge in [0, 0.05) is 26.1 Å². The summed E-state index contributed by atoms with van der Waals surface area (Å²) in [7, 11) is -3.61. The summed E-state index contributed by atoms with van der Waals surface area (Å²) in [5, 5.41) is 2.87. The van der Waals surface area contributed by atoms with Crippen LogP contribution in [-0.2, 0) is 37.9 Å². The molecule has 0 aromatic heterocycles. The summed E-state index contributed by atoms with van der Waals surface area (Å²) in [6, 6.07) is 15.2. The minimum atomic E-state index is -3.61. The Morgan fingerprint density at radius 2 is 1.68 bits per heavy atom. The molecule has 1 N–H and O–H groups in total. The summed E-state index contributed by atoms with van der Waals surface area (Å²) in [4.78, 5) is 12.6. The van der Waals surface area contributed by atoms with Gasteiger partial charge in [0.1, 0.15) is 0 Å². The summed E-state index contributed by atoms with van der Waals surface area (Å²) >= 11 is 0. The Kier molecular flexibility index (Phi) is 7.51. The fourth-order valence-corrected chi connectivity index (χ4v) is 5.17. The van der Waals surface area contributed by atoms with Gasteiger partial charge in [-0.3, -0.25) is 4.79 Å². The third-order valence-electron chi connectivity index (χ3n) is 5.50. The molecule has 0 aliphatic carbocycles. The van der Waals surface area contributed by atoms with Gasteiger partial charge in [0.15, 0.2) is 0 Å². The summed E-state index contributed by atoms with van der Waals surface area (Å²) in [5.74, 6) is -0.0986. The number of morpholine rings is 1. The normalized spacial score (nSPS) is 15.6. The fraction of sp³-hybridized carbons (Fsp3) is 0.458. The first-order valence-corrected chi connectivity index (χ1v) is 12.1. The van der Waals surface area contributed by atoms with Crippen LogP contribution in [0.5, 0.6) is 0 Å². The van der Waals surface area contributed by atoms with Gasteiger partial charge in [-0.2, -0.15) is 4.31 Å². The molecule has 6 nitrogen and oxygen atoms in total. The maximum atomic E-state index is 13.0. The minimum absolute atomic E-state index is 0.0986. The number of nitrogens with one attached hydrogen (secondary N) is 1. The quantitative estimate of drug-likeness (QED) is 0.711. The van der Waals surface area contributed by atoms with Gasteiger partial charge >= 0.3 is 0 Å². The maximum Gasteiger partial charge on any atom is 0.243 e. The van der Waals surface area contributed by atoms with E-state index in [-0.39, 0.29) is 22.8 Å². The fourth-order valence-electron chi connectivity index (χ4n) is 3.54. The molecule has 2 aromatic rings. The molecule has 3 rings (SSSR count). The number of sulfonamides is 1. The number of carbonyl (C=O) groups is 1. The predicted octanol–water partition coefficient (Wildman–Crippen LogP) is 3.25. The number of hydrogen-bond acceptors (Lipinski definition) is 4. The highest BCUT2D eigenvalue weighted by Gasteiger charge is 2.28. The molecule has 1 aliphatic rings. The Hall–Kier alpha value is -2.22. The highest BCUT2D eigenvalue weighted by Crippen LogP contribution is 2.23. The first kappa shape index (κ1) is 23.4. The molecule has 1 heterocycles. The van der Waals surface area contributed by atoms with Crippen molar-refractivity contribution in [2.75, 3.05) is 26.3 Å². The van der Waals surface area contributed by atoms with Gasteiger partial charge in [0.05, 0.1) is 18.1 Å². The molecule has 0 atom stereocenters. The van der Waals surface area contributed by atoms with Crippen molar-refractivity contribution in [2.45, 2.75) is 50.5 Å².